The number of carbonyl (C=O) groups is 1. The van der Waals surface area contributed by atoms with Crippen LogP contribution in [0.25, 0.3) is 11.0 Å². The first-order chi connectivity index (χ1) is 17.1. The van der Waals surface area contributed by atoms with E-state index in [1.807, 2.05) is 48.5 Å². The summed E-state index contributed by atoms with van der Waals surface area (Å²) in [6.07, 6.45) is 2.28. The minimum atomic E-state index is -0.580. The number of hydrogen-bond donors (Lipinski definition) is 0. The summed E-state index contributed by atoms with van der Waals surface area (Å²) in [5.74, 6) is 1.22. The maximum atomic E-state index is 13.6. The molecule has 35 heavy (non-hydrogen) atoms. The summed E-state index contributed by atoms with van der Waals surface area (Å²) in [4.78, 5) is 28.9. The molecule has 1 amide bonds. The molecule has 6 heteroatoms. The number of ether oxygens (including phenoxy) is 2. The van der Waals surface area contributed by atoms with E-state index < -0.39 is 6.04 Å². The lowest BCUT2D eigenvalue weighted by molar-refractivity contribution is 0.0730. The first-order valence-electron chi connectivity index (χ1n) is 11.4. The molecule has 1 aliphatic heterocycles. The molecule has 176 valence electrons. The summed E-state index contributed by atoms with van der Waals surface area (Å²) < 4.78 is 17.0. The van der Waals surface area contributed by atoms with Crippen LogP contribution in [0.3, 0.4) is 0 Å². The number of benzene rings is 3. The van der Waals surface area contributed by atoms with Crippen molar-refractivity contribution in [3.8, 4) is 11.5 Å². The minimum Gasteiger partial charge on any atom is -0.497 e. The summed E-state index contributed by atoms with van der Waals surface area (Å²) in [5.41, 5.74) is 2.43. The molecule has 3 aromatic carbocycles. The summed E-state index contributed by atoms with van der Waals surface area (Å²) >= 11 is 0. The molecule has 0 aliphatic carbocycles. The molecular weight excluding hydrogens is 442 g/mol. The molecule has 0 saturated heterocycles. The fourth-order valence-corrected chi connectivity index (χ4v) is 4.52. The third-order valence-corrected chi connectivity index (χ3v) is 6.22. The minimum absolute atomic E-state index is 0.103. The number of carbonyl (C=O) groups excluding carboxylic acids is 1. The molecule has 0 saturated carbocycles. The third kappa shape index (κ3) is 4.19. The SMILES string of the molecule is C=CCOc1cccc([C@@H]2c3c(oc4ccccc4c3=O)C(=O)N2CCc2ccc(OC)cc2)c1. The number of rotatable bonds is 8. The van der Waals surface area contributed by atoms with Gasteiger partial charge in [0.05, 0.1) is 24.1 Å². The van der Waals surface area contributed by atoms with E-state index in [-0.39, 0.29) is 17.1 Å². The van der Waals surface area contributed by atoms with Crippen LogP contribution in [-0.2, 0) is 6.42 Å². The number of methoxy groups -OCH3 is 1. The molecule has 5 rings (SSSR count). The number of hydrogen-bond acceptors (Lipinski definition) is 5. The van der Waals surface area contributed by atoms with Crippen molar-refractivity contribution in [1.29, 1.82) is 0 Å². The molecule has 1 aromatic heterocycles. The van der Waals surface area contributed by atoms with Crippen molar-refractivity contribution in [3.05, 3.63) is 118 Å². The summed E-state index contributed by atoms with van der Waals surface area (Å²) in [7, 11) is 1.63. The van der Waals surface area contributed by atoms with E-state index in [2.05, 4.69) is 6.58 Å². The van der Waals surface area contributed by atoms with Crippen molar-refractivity contribution in [1.82, 2.24) is 4.90 Å². The summed E-state index contributed by atoms with van der Waals surface area (Å²) in [6, 6.07) is 21.7. The zero-order valence-corrected chi connectivity index (χ0v) is 19.4. The predicted molar refractivity (Wildman–Crippen MR) is 134 cm³/mol. The van der Waals surface area contributed by atoms with Crippen LogP contribution in [0.4, 0.5) is 0 Å². The lowest BCUT2D eigenvalue weighted by atomic mass is 9.98. The third-order valence-electron chi connectivity index (χ3n) is 6.22. The van der Waals surface area contributed by atoms with Gasteiger partial charge in [-0.1, -0.05) is 49.1 Å². The second kappa shape index (κ2) is 9.50. The fraction of sp³-hybridized carbons (Fsp3) is 0.172. The highest BCUT2D eigenvalue weighted by molar-refractivity contribution is 5.99. The van der Waals surface area contributed by atoms with E-state index in [1.165, 1.54) is 0 Å². The van der Waals surface area contributed by atoms with E-state index in [1.54, 1.807) is 42.4 Å². The Labute approximate surface area is 203 Å². The second-order valence-electron chi connectivity index (χ2n) is 8.34. The lowest BCUT2D eigenvalue weighted by Gasteiger charge is -2.25. The van der Waals surface area contributed by atoms with Gasteiger partial charge in [-0.05, 0) is 53.9 Å². The van der Waals surface area contributed by atoms with Gasteiger partial charge >= 0.3 is 0 Å². The molecule has 0 fully saturated rings. The summed E-state index contributed by atoms with van der Waals surface area (Å²) in [5, 5.41) is 0.458. The molecule has 0 spiro atoms. The van der Waals surface area contributed by atoms with Crippen LogP contribution in [-0.4, -0.2) is 31.1 Å². The normalized spacial score (nSPS) is 14.7. The van der Waals surface area contributed by atoms with Crippen molar-refractivity contribution in [2.24, 2.45) is 0 Å². The Balaban J connectivity index is 1.58. The molecule has 0 radical (unpaired) electrons. The quantitative estimate of drug-likeness (QED) is 0.335. The Morgan fingerprint density at radius 1 is 1.00 bits per heavy atom. The molecule has 0 unspecified atom stereocenters. The first kappa shape index (κ1) is 22.5. The smallest absolute Gasteiger partial charge is 0.290 e. The standard InChI is InChI=1S/C29H25NO5/c1-3-17-34-22-8-6-7-20(18-22)26-25-27(31)23-9-4-5-10-24(23)35-28(25)29(32)30(26)16-15-19-11-13-21(33-2)14-12-19/h3-14,18,26H,1,15-17H2,2H3/t26-/m1/s1. The van der Waals surface area contributed by atoms with Crippen LogP contribution < -0.4 is 14.9 Å². The zero-order chi connectivity index (χ0) is 24.4. The van der Waals surface area contributed by atoms with Gasteiger partial charge < -0.3 is 18.8 Å². The van der Waals surface area contributed by atoms with Crippen LogP contribution in [0.2, 0.25) is 0 Å². The molecule has 4 aromatic rings. The molecule has 1 atom stereocenters. The Morgan fingerprint density at radius 2 is 1.80 bits per heavy atom. The van der Waals surface area contributed by atoms with Gasteiger partial charge in [-0.15, -0.1) is 0 Å². The molecular formula is C29H25NO5. The van der Waals surface area contributed by atoms with Gasteiger partial charge in [0.25, 0.3) is 5.91 Å². The average Bonchev–Trinajstić information content (AvgIpc) is 3.18. The van der Waals surface area contributed by atoms with E-state index in [0.717, 1.165) is 16.9 Å². The van der Waals surface area contributed by atoms with Gasteiger partial charge in [-0.25, -0.2) is 0 Å². The van der Waals surface area contributed by atoms with Crippen LogP contribution in [0.5, 0.6) is 11.5 Å². The van der Waals surface area contributed by atoms with Gasteiger partial charge in [-0.3, -0.25) is 9.59 Å². The number of fused-ring (bicyclic) bond motifs is 2. The van der Waals surface area contributed by atoms with Crippen LogP contribution in [0, 0.1) is 0 Å². The molecule has 2 heterocycles. The maximum absolute atomic E-state index is 13.6. The Bertz CT molecular complexity index is 1450. The van der Waals surface area contributed by atoms with E-state index >= 15 is 0 Å². The summed E-state index contributed by atoms with van der Waals surface area (Å²) in [6.45, 7) is 4.46. The first-order valence-corrected chi connectivity index (χ1v) is 11.4. The Morgan fingerprint density at radius 3 is 2.57 bits per heavy atom. The van der Waals surface area contributed by atoms with E-state index in [0.29, 0.717) is 41.9 Å². The topological polar surface area (TPSA) is 69.0 Å². The lowest BCUT2D eigenvalue weighted by Crippen LogP contribution is -2.31. The largest absolute Gasteiger partial charge is 0.497 e. The Kier molecular flexibility index (Phi) is 6.10. The Hall–Kier alpha value is -4.32. The van der Waals surface area contributed by atoms with Gasteiger partial charge in [-0.2, -0.15) is 0 Å². The zero-order valence-electron chi connectivity index (χ0n) is 19.4. The van der Waals surface area contributed by atoms with Crippen LogP contribution in [0.15, 0.2) is 94.7 Å². The monoisotopic (exact) mass is 467 g/mol. The number of nitrogens with zero attached hydrogens (tertiary/aromatic N) is 1. The molecule has 6 nitrogen and oxygen atoms in total. The highest BCUT2D eigenvalue weighted by Gasteiger charge is 2.42. The molecule has 1 aliphatic rings. The molecule has 0 N–H and O–H groups in total. The number of para-hydroxylation sites is 1. The van der Waals surface area contributed by atoms with E-state index in [9.17, 15) is 9.59 Å². The van der Waals surface area contributed by atoms with E-state index in [4.69, 9.17) is 13.9 Å². The van der Waals surface area contributed by atoms with Crippen molar-refractivity contribution >= 4 is 16.9 Å². The van der Waals surface area contributed by atoms with Crippen LogP contribution in [0.1, 0.15) is 33.3 Å². The maximum Gasteiger partial charge on any atom is 0.290 e. The van der Waals surface area contributed by atoms with Crippen molar-refractivity contribution in [3.63, 3.8) is 0 Å². The molecule has 0 bridgehead atoms. The van der Waals surface area contributed by atoms with Gasteiger partial charge in [0, 0.05) is 6.54 Å². The van der Waals surface area contributed by atoms with Crippen molar-refractivity contribution < 1.29 is 18.7 Å². The highest BCUT2D eigenvalue weighted by atomic mass is 16.5. The fourth-order valence-electron chi connectivity index (χ4n) is 4.52. The average molecular weight is 468 g/mol. The number of amides is 1. The van der Waals surface area contributed by atoms with Crippen molar-refractivity contribution in [2.75, 3.05) is 20.3 Å². The predicted octanol–water partition coefficient (Wildman–Crippen LogP) is 5.15. The van der Waals surface area contributed by atoms with Gasteiger partial charge in [0.2, 0.25) is 5.76 Å². The van der Waals surface area contributed by atoms with Crippen LogP contribution >= 0.6 is 0 Å². The van der Waals surface area contributed by atoms with Gasteiger partial charge in [0.15, 0.2) is 5.43 Å². The highest BCUT2D eigenvalue weighted by Crippen LogP contribution is 2.39. The van der Waals surface area contributed by atoms with Crippen molar-refractivity contribution in [2.45, 2.75) is 12.5 Å². The second-order valence-corrected chi connectivity index (χ2v) is 8.34. The van der Waals surface area contributed by atoms with Gasteiger partial charge in [0.1, 0.15) is 23.7 Å².